The van der Waals surface area contributed by atoms with Crippen LogP contribution in [0.2, 0.25) is 0 Å². The van der Waals surface area contributed by atoms with Gasteiger partial charge in [0.25, 0.3) is 15.9 Å². The molecule has 0 radical (unpaired) electrons. The first-order chi connectivity index (χ1) is 17.8. The van der Waals surface area contributed by atoms with Crippen LogP contribution in [-0.2, 0) is 20.2 Å². The van der Waals surface area contributed by atoms with E-state index in [1.165, 1.54) is 43.3 Å². The molecular weight excluding hydrogens is 492 g/mol. The van der Waals surface area contributed by atoms with Gasteiger partial charge in [0.1, 0.15) is 0 Å². The number of hydrogen-bond donors (Lipinski definition) is 1. The van der Waals surface area contributed by atoms with Gasteiger partial charge in [0.05, 0.1) is 24.8 Å². The molecule has 1 fully saturated rings. The molecule has 1 heterocycles. The Hall–Kier alpha value is -3.56. The van der Waals surface area contributed by atoms with Gasteiger partial charge in [-0.25, -0.2) is 8.42 Å². The summed E-state index contributed by atoms with van der Waals surface area (Å²) in [6, 6.07) is 21.1. The average molecular weight is 525 g/mol. The molecule has 37 heavy (non-hydrogen) atoms. The minimum atomic E-state index is -3.86. The molecule has 0 bridgehead atoms. The Labute approximate surface area is 218 Å². The van der Waals surface area contributed by atoms with Gasteiger partial charge in [-0.3, -0.25) is 9.10 Å². The van der Waals surface area contributed by atoms with Gasteiger partial charge in [-0.1, -0.05) is 30.3 Å². The minimum Gasteiger partial charge on any atom is -0.493 e. The second kappa shape index (κ2) is 11.2. The van der Waals surface area contributed by atoms with Crippen LogP contribution in [0.1, 0.15) is 28.8 Å². The van der Waals surface area contributed by atoms with Gasteiger partial charge in [-0.05, 0) is 54.8 Å². The quantitative estimate of drug-likeness (QED) is 0.455. The predicted molar refractivity (Wildman–Crippen MR) is 142 cm³/mol. The number of carbonyl (C=O) groups excluding carboxylic acids is 1. The number of nitrogens with one attached hydrogen (secondary N) is 1. The van der Waals surface area contributed by atoms with Gasteiger partial charge in [0.2, 0.25) is 0 Å². The summed E-state index contributed by atoms with van der Waals surface area (Å²) in [5.41, 5.74) is 1.89. The Balaban J connectivity index is 1.47. The standard InChI is InChI=1S/C28H32N2O6S/c1-30(37(32,33)24-13-14-25(34-2)26(19-24)35-3)23-11-9-21(10-12-23)27(31)29-20-28(15-17-36-18-16-28)22-7-5-4-6-8-22/h4-14,19H,15-18,20H2,1-3H3,(H,29,31). The largest absolute Gasteiger partial charge is 0.493 e. The molecule has 0 aliphatic carbocycles. The highest BCUT2D eigenvalue weighted by atomic mass is 32.2. The number of hydrogen-bond acceptors (Lipinski definition) is 6. The molecule has 0 unspecified atom stereocenters. The maximum atomic E-state index is 13.2. The Morgan fingerprint density at radius 2 is 1.59 bits per heavy atom. The smallest absolute Gasteiger partial charge is 0.264 e. The van der Waals surface area contributed by atoms with E-state index in [4.69, 9.17) is 14.2 Å². The molecule has 0 aromatic heterocycles. The fraction of sp³-hybridized carbons (Fsp3) is 0.321. The third kappa shape index (κ3) is 5.57. The molecule has 0 atom stereocenters. The molecule has 4 rings (SSSR count). The summed E-state index contributed by atoms with van der Waals surface area (Å²) < 4.78 is 43.6. The summed E-state index contributed by atoms with van der Waals surface area (Å²) in [7, 11) is 0.544. The van der Waals surface area contributed by atoms with Crippen molar-refractivity contribution in [3.63, 3.8) is 0 Å². The van der Waals surface area contributed by atoms with Crippen LogP contribution in [0.3, 0.4) is 0 Å². The second-order valence-corrected chi connectivity index (χ2v) is 10.9. The molecule has 1 aliphatic rings. The van der Waals surface area contributed by atoms with E-state index in [-0.39, 0.29) is 16.2 Å². The van der Waals surface area contributed by atoms with Crippen molar-refractivity contribution >= 4 is 21.6 Å². The third-order valence-electron chi connectivity index (χ3n) is 6.93. The number of methoxy groups -OCH3 is 2. The van der Waals surface area contributed by atoms with Gasteiger partial charge in [-0.2, -0.15) is 0 Å². The monoisotopic (exact) mass is 524 g/mol. The van der Waals surface area contributed by atoms with Crippen LogP contribution < -0.4 is 19.1 Å². The van der Waals surface area contributed by atoms with Crippen molar-refractivity contribution in [2.24, 2.45) is 0 Å². The molecular formula is C28H32N2O6S. The molecule has 3 aromatic carbocycles. The van der Waals surface area contributed by atoms with E-state index in [9.17, 15) is 13.2 Å². The van der Waals surface area contributed by atoms with E-state index < -0.39 is 10.0 Å². The van der Waals surface area contributed by atoms with Gasteiger partial charge < -0.3 is 19.5 Å². The van der Waals surface area contributed by atoms with Crippen molar-refractivity contribution in [1.29, 1.82) is 0 Å². The van der Waals surface area contributed by atoms with E-state index in [1.54, 1.807) is 30.3 Å². The Morgan fingerprint density at radius 3 is 2.22 bits per heavy atom. The number of rotatable bonds is 9. The van der Waals surface area contributed by atoms with E-state index in [0.717, 1.165) is 12.8 Å². The van der Waals surface area contributed by atoms with Gasteiger partial charge in [-0.15, -0.1) is 0 Å². The lowest BCUT2D eigenvalue weighted by molar-refractivity contribution is 0.0487. The zero-order valence-electron chi connectivity index (χ0n) is 21.3. The highest BCUT2D eigenvalue weighted by Crippen LogP contribution is 2.34. The molecule has 1 amide bonds. The maximum Gasteiger partial charge on any atom is 0.264 e. The molecule has 1 aliphatic heterocycles. The lowest BCUT2D eigenvalue weighted by Gasteiger charge is -2.38. The molecule has 3 aromatic rings. The first-order valence-electron chi connectivity index (χ1n) is 12.0. The number of amides is 1. The van der Waals surface area contributed by atoms with Crippen LogP contribution in [0.4, 0.5) is 5.69 Å². The number of carbonyl (C=O) groups is 1. The first kappa shape index (κ1) is 26.5. The topological polar surface area (TPSA) is 94.2 Å². The van der Waals surface area contributed by atoms with Crippen molar-refractivity contribution in [2.75, 3.05) is 45.3 Å². The SMILES string of the molecule is COc1ccc(S(=O)(=O)N(C)c2ccc(C(=O)NCC3(c4ccccc4)CCOCC3)cc2)cc1OC. The Bertz CT molecular complexity index is 1320. The van der Waals surface area contributed by atoms with Crippen molar-refractivity contribution < 1.29 is 27.4 Å². The summed E-state index contributed by atoms with van der Waals surface area (Å²) in [4.78, 5) is 13.1. The van der Waals surface area contributed by atoms with Gasteiger partial charge in [0, 0.05) is 43.9 Å². The number of nitrogens with zero attached hydrogens (tertiary/aromatic N) is 1. The van der Waals surface area contributed by atoms with Crippen molar-refractivity contribution in [3.05, 3.63) is 83.9 Å². The zero-order valence-corrected chi connectivity index (χ0v) is 22.1. The van der Waals surface area contributed by atoms with Gasteiger partial charge in [0.15, 0.2) is 11.5 Å². The number of benzene rings is 3. The van der Waals surface area contributed by atoms with Crippen LogP contribution in [0.15, 0.2) is 77.7 Å². The highest BCUT2D eigenvalue weighted by molar-refractivity contribution is 7.92. The average Bonchev–Trinajstić information content (AvgIpc) is 2.96. The van der Waals surface area contributed by atoms with Crippen LogP contribution in [0.5, 0.6) is 11.5 Å². The van der Waals surface area contributed by atoms with Crippen molar-refractivity contribution in [2.45, 2.75) is 23.2 Å². The lowest BCUT2D eigenvalue weighted by atomic mass is 9.74. The second-order valence-electron chi connectivity index (χ2n) is 8.98. The van der Waals surface area contributed by atoms with Crippen LogP contribution in [0.25, 0.3) is 0 Å². The molecule has 196 valence electrons. The molecule has 8 nitrogen and oxygen atoms in total. The summed E-state index contributed by atoms with van der Waals surface area (Å²) in [5.74, 6) is 0.551. The van der Waals surface area contributed by atoms with Crippen molar-refractivity contribution in [1.82, 2.24) is 5.32 Å². The van der Waals surface area contributed by atoms with E-state index in [1.807, 2.05) is 18.2 Å². The van der Waals surface area contributed by atoms with E-state index >= 15 is 0 Å². The molecule has 1 N–H and O–H groups in total. The number of sulfonamides is 1. The zero-order chi connectivity index (χ0) is 26.5. The van der Waals surface area contributed by atoms with Crippen molar-refractivity contribution in [3.8, 4) is 11.5 Å². The van der Waals surface area contributed by atoms with Crippen LogP contribution >= 0.6 is 0 Å². The highest BCUT2D eigenvalue weighted by Gasteiger charge is 2.34. The third-order valence-corrected chi connectivity index (χ3v) is 8.71. The lowest BCUT2D eigenvalue weighted by Crippen LogP contribution is -2.44. The van der Waals surface area contributed by atoms with Gasteiger partial charge >= 0.3 is 0 Å². The molecule has 9 heteroatoms. The van der Waals surface area contributed by atoms with E-state index in [2.05, 4.69) is 17.4 Å². The fourth-order valence-corrected chi connectivity index (χ4v) is 5.78. The molecule has 1 saturated heterocycles. The van der Waals surface area contributed by atoms with E-state index in [0.29, 0.717) is 42.5 Å². The Morgan fingerprint density at radius 1 is 0.946 bits per heavy atom. The van der Waals surface area contributed by atoms with Crippen LogP contribution in [0, 0.1) is 0 Å². The summed E-state index contributed by atoms with van der Waals surface area (Å²) in [6.07, 6.45) is 1.66. The van der Waals surface area contributed by atoms with Crippen LogP contribution in [-0.4, -0.2) is 55.4 Å². The first-order valence-corrected chi connectivity index (χ1v) is 13.5. The number of anilines is 1. The normalized spacial score (nSPS) is 15.0. The fourth-order valence-electron chi connectivity index (χ4n) is 4.57. The molecule has 0 saturated carbocycles. The summed E-state index contributed by atoms with van der Waals surface area (Å²) >= 11 is 0. The maximum absolute atomic E-state index is 13.2. The predicted octanol–water partition coefficient (Wildman–Crippen LogP) is 4.01. The number of ether oxygens (including phenoxy) is 3. The molecule has 0 spiro atoms. The summed E-state index contributed by atoms with van der Waals surface area (Å²) in [5, 5.41) is 3.08. The minimum absolute atomic E-state index is 0.0668. The Kier molecular flexibility index (Phi) is 8.04. The summed E-state index contributed by atoms with van der Waals surface area (Å²) in [6.45, 7) is 1.80.